The maximum atomic E-state index is 11.1. The molecule has 1 unspecified atom stereocenters. The van der Waals surface area contributed by atoms with Crippen molar-refractivity contribution in [3.05, 3.63) is 64.0 Å². The molecule has 1 N–H and O–H groups in total. The second-order valence-corrected chi connectivity index (χ2v) is 3.58. The van der Waals surface area contributed by atoms with Crippen LogP contribution < -0.4 is 0 Å². The lowest BCUT2D eigenvalue weighted by atomic mass is 10.2. The van der Waals surface area contributed by atoms with Crippen molar-refractivity contribution >= 4 is 5.97 Å². The molecule has 7 nitrogen and oxygen atoms in total. The Morgan fingerprint density at radius 2 is 2.06 bits per heavy atom. The molecular weight excluding hydrogens is 238 g/mol. The number of benzene rings is 1. The lowest BCUT2D eigenvalue weighted by molar-refractivity contribution is -0.537. The summed E-state index contributed by atoms with van der Waals surface area (Å²) in [6, 6.07) is 8.28. The summed E-state index contributed by atoms with van der Waals surface area (Å²) in [5.74, 6) is -1.17. The van der Waals surface area contributed by atoms with E-state index >= 15 is 0 Å². The molecule has 92 valence electrons. The quantitative estimate of drug-likeness (QED) is 0.650. The third-order valence-electron chi connectivity index (χ3n) is 2.40. The first-order chi connectivity index (χ1) is 8.59. The van der Waals surface area contributed by atoms with Crippen molar-refractivity contribution in [2.75, 3.05) is 0 Å². The van der Waals surface area contributed by atoms with Crippen molar-refractivity contribution in [1.82, 2.24) is 9.78 Å². The number of carboxylic acid groups (broad SMARTS) is 1. The zero-order chi connectivity index (χ0) is 13.1. The van der Waals surface area contributed by atoms with Gasteiger partial charge >= 0.3 is 12.1 Å². The summed E-state index contributed by atoms with van der Waals surface area (Å²) < 4.78 is 1.03. The van der Waals surface area contributed by atoms with Gasteiger partial charge in [0, 0.05) is 11.8 Å². The fourth-order valence-corrected chi connectivity index (χ4v) is 1.58. The highest BCUT2D eigenvalue weighted by molar-refractivity contribution is 5.86. The number of nitrogens with zero attached hydrogens (tertiary/aromatic N) is 3. The van der Waals surface area contributed by atoms with E-state index < -0.39 is 17.1 Å². The Kier molecular flexibility index (Phi) is 3.05. The van der Waals surface area contributed by atoms with Gasteiger partial charge in [-0.15, -0.1) is 0 Å². The van der Waals surface area contributed by atoms with E-state index in [4.69, 9.17) is 5.11 Å². The van der Waals surface area contributed by atoms with E-state index in [1.165, 1.54) is 0 Å². The summed E-state index contributed by atoms with van der Waals surface area (Å²) in [4.78, 5) is 21.3. The molecule has 7 heteroatoms. The largest absolute Gasteiger partial charge is 0.478 e. The number of hydrogen-bond donors (Lipinski definition) is 1. The van der Waals surface area contributed by atoms with E-state index in [0.717, 1.165) is 17.1 Å². The van der Waals surface area contributed by atoms with Crippen LogP contribution in [0.3, 0.4) is 0 Å². The van der Waals surface area contributed by atoms with Crippen LogP contribution in [-0.2, 0) is 0 Å². The van der Waals surface area contributed by atoms with Crippen LogP contribution in [0.15, 0.2) is 42.7 Å². The number of nitro groups is 1. The van der Waals surface area contributed by atoms with Gasteiger partial charge in [-0.2, -0.15) is 5.10 Å². The van der Waals surface area contributed by atoms with Gasteiger partial charge in [-0.05, 0) is 0 Å². The first-order valence-electron chi connectivity index (χ1n) is 5.05. The monoisotopic (exact) mass is 247 g/mol. The fourth-order valence-electron chi connectivity index (χ4n) is 1.58. The van der Waals surface area contributed by atoms with Crippen molar-refractivity contribution in [3.8, 4) is 0 Å². The number of aromatic nitrogens is 2. The average Bonchev–Trinajstić information content (AvgIpc) is 2.79. The van der Waals surface area contributed by atoms with E-state index in [0.29, 0.717) is 5.56 Å². The molecule has 0 aliphatic heterocycles. The average molecular weight is 247 g/mol. The fraction of sp³-hybridized carbons (Fsp3) is 0.0909. The number of carbonyl (C=O) groups is 1. The molecule has 0 bridgehead atoms. The van der Waals surface area contributed by atoms with Crippen LogP contribution in [0.1, 0.15) is 22.1 Å². The smallest absolute Gasteiger partial charge is 0.338 e. The predicted octanol–water partition coefficient (Wildman–Crippen LogP) is 1.40. The van der Waals surface area contributed by atoms with Crippen molar-refractivity contribution < 1.29 is 14.8 Å². The topological polar surface area (TPSA) is 98.3 Å². The van der Waals surface area contributed by atoms with Gasteiger partial charge in [-0.3, -0.25) is 10.1 Å². The maximum absolute atomic E-state index is 11.1. The second-order valence-electron chi connectivity index (χ2n) is 3.58. The molecule has 1 aromatic carbocycles. The molecule has 0 saturated carbocycles. The zero-order valence-corrected chi connectivity index (χ0v) is 9.13. The van der Waals surface area contributed by atoms with Gasteiger partial charge in [0.2, 0.25) is 0 Å². The summed E-state index contributed by atoms with van der Waals surface area (Å²) in [5.41, 5.74) is 0.348. The minimum atomic E-state index is -1.22. The van der Waals surface area contributed by atoms with Gasteiger partial charge in [0.05, 0.1) is 16.7 Å². The molecule has 1 heterocycles. The Hall–Kier alpha value is -2.70. The van der Waals surface area contributed by atoms with Crippen LogP contribution in [-0.4, -0.2) is 25.8 Å². The van der Waals surface area contributed by atoms with Gasteiger partial charge in [0.25, 0.3) is 0 Å². The standard InChI is InChI=1S/C11H9N3O4/c15-11(16)9-6-12-13(7-9)10(14(17)18)8-4-2-1-3-5-8/h1-7,10H,(H,15,16). The Balaban J connectivity index is 2.42. The molecule has 0 fully saturated rings. The van der Waals surface area contributed by atoms with E-state index in [1.54, 1.807) is 30.3 Å². The van der Waals surface area contributed by atoms with Crippen LogP contribution in [0.5, 0.6) is 0 Å². The second kappa shape index (κ2) is 4.66. The Labute approximate surface area is 101 Å². The van der Waals surface area contributed by atoms with Gasteiger partial charge in [-0.25, -0.2) is 9.48 Å². The molecular formula is C11H9N3O4. The van der Waals surface area contributed by atoms with E-state index in [-0.39, 0.29) is 5.56 Å². The molecule has 0 aliphatic rings. The molecule has 0 amide bonds. The number of carboxylic acids is 1. The number of aromatic carboxylic acids is 1. The molecule has 1 atom stereocenters. The molecule has 2 aromatic rings. The summed E-state index contributed by atoms with van der Waals surface area (Å²) in [6.07, 6.45) is 1.00. The summed E-state index contributed by atoms with van der Waals surface area (Å²) in [7, 11) is 0. The summed E-state index contributed by atoms with van der Waals surface area (Å²) in [6.45, 7) is 0. The molecule has 0 radical (unpaired) electrons. The lowest BCUT2D eigenvalue weighted by Gasteiger charge is -2.09. The van der Waals surface area contributed by atoms with E-state index in [2.05, 4.69) is 5.10 Å². The van der Waals surface area contributed by atoms with Crippen LogP contribution in [0.4, 0.5) is 0 Å². The summed E-state index contributed by atoms with van der Waals surface area (Å²) in [5, 5.41) is 23.6. The van der Waals surface area contributed by atoms with Gasteiger partial charge in [0.1, 0.15) is 0 Å². The lowest BCUT2D eigenvalue weighted by Crippen LogP contribution is -2.20. The normalized spacial score (nSPS) is 12.0. The Morgan fingerprint density at radius 3 is 2.56 bits per heavy atom. The highest BCUT2D eigenvalue weighted by Gasteiger charge is 2.26. The first-order valence-corrected chi connectivity index (χ1v) is 5.05. The minimum Gasteiger partial charge on any atom is -0.478 e. The highest BCUT2D eigenvalue weighted by Crippen LogP contribution is 2.18. The van der Waals surface area contributed by atoms with Crippen LogP contribution in [0.2, 0.25) is 0 Å². The van der Waals surface area contributed by atoms with Gasteiger partial charge in [0.15, 0.2) is 0 Å². The molecule has 0 saturated heterocycles. The van der Waals surface area contributed by atoms with Crippen LogP contribution in [0, 0.1) is 10.1 Å². The third-order valence-corrected chi connectivity index (χ3v) is 2.40. The van der Waals surface area contributed by atoms with Crippen molar-refractivity contribution in [2.45, 2.75) is 6.17 Å². The molecule has 18 heavy (non-hydrogen) atoms. The Morgan fingerprint density at radius 1 is 1.39 bits per heavy atom. The number of hydrogen-bond acceptors (Lipinski definition) is 4. The van der Waals surface area contributed by atoms with Crippen LogP contribution in [0.25, 0.3) is 0 Å². The van der Waals surface area contributed by atoms with Crippen molar-refractivity contribution in [2.24, 2.45) is 0 Å². The predicted molar refractivity (Wildman–Crippen MR) is 60.8 cm³/mol. The van der Waals surface area contributed by atoms with E-state index in [9.17, 15) is 14.9 Å². The zero-order valence-electron chi connectivity index (χ0n) is 9.13. The van der Waals surface area contributed by atoms with E-state index in [1.807, 2.05) is 0 Å². The maximum Gasteiger partial charge on any atom is 0.338 e. The van der Waals surface area contributed by atoms with Crippen molar-refractivity contribution in [3.63, 3.8) is 0 Å². The SMILES string of the molecule is O=C(O)c1cnn(C(c2ccccc2)[N+](=O)[O-])c1. The Bertz CT molecular complexity index is 579. The summed E-state index contributed by atoms with van der Waals surface area (Å²) >= 11 is 0. The van der Waals surface area contributed by atoms with Gasteiger partial charge < -0.3 is 5.11 Å². The molecule has 1 aromatic heterocycles. The van der Waals surface area contributed by atoms with Gasteiger partial charge in [-0.1, -0.05) is 30.3 Å². The van der Waals surface area contributed by atoms with Crippen LogP contribution >= 0.6 is 0 Å². The highest BCUT2D eigenvalue weighted by atomic mass is 16.6. The molecule has 0 aliphatic carbocycles. The molecule has 2 rings (SSSR count). The molecule has 0 spiro atoms. The van der Waals surface area contributed by atoms with Crippen molar-refractivity contribution in [1.29, 1.82) is 0 Å². The number of rotatable bonds is 4. The minimum absolute atomic E-state index is 0.0854. The third kappa shape index (κ3) is 2.19. The first kappa shape index (κ1) is 11.8.